The lowest BCUT2D eigenvalue weighted by Crippen LogP contribution is -2.76. The van der Waals surface area contributed by atoms with Crippen molar-refractivity contribution in [1.29, 1.82) is 0 Å². The van der Waals surface area contributed by atoms with E-state index >= 15 is 0 Å². The van der Waals surface area contributed by atoms with Crippen molar-refractivity contribution in [1.82, 2.24) is 9.80 Å². The Balaban J connectivity index is 1.46. The Hall–Kier alpha value is -0.240. The maximum absolute atomic E-state index is 7.14. The molecule has 0 spiro atoms. The van der Waals surface area contributed by atoms with Crippen LogP contribution in [-0.4, -0.2) is 86.1 Å². The number of nitrogens with zero attached hydrogens (tertiary/aromatic N) is 2. The Morgan fingerprint density at radius 2 is 1.00 bits per heavy atom. The lowest BCUT2D eigenvalue weighted by Gasteiger charge is -2.64. The first-order valence-electron chi connectivity index (χ1n) is 10.8. The second kappa shape index (κ2) is 7.30. The molecule has 0 aromatic heterocycles. The van der Waals surface area contributed by atoms with Crippen LogP contribution in [0.3, 0.4) is 0 Å². The smallest absolute Gasteiger partial charge is 0.148 e. The predicted molar refractivity (Wildman–Crippen MR) is 96.9 cm³/mol. The van der Waals surface area contributed by atoms with Crippen molar-refractivity contribution in [2.75, 3.05) is 52.6 Å². The average molecular weight is 367 g/mol. The van der Waals surface area contributed by atoms with E-state index in [0.29, 0.717) is 0 Å². The second-order valence-electron chi connectivity index (χ2n) is 8.59. The van der Waals surface area contributed by atoms with E-state index in [1.165, 1.54) is 25.7 Å². The molecule has 0 N–H and O–H groups in total. The molecule has 5 aliphatic rings. The average Bonchev–Trinajstić information content (AvgIpc) is 2.73. The molecule has 26 heavy (non-hydrogen) atoms. The van der Waals surface area contributed by atoms with Crippen LogP contribution in [-0.2, 0) is 18.9 Å². The molecule has 0 aromatic carbocycles. The quantitative estimate of drug-likeness (QED) is 0.745. The third-order valence-electron chi connectivity index (χ3n) is 7.29. The normalized spacial score (nSPS) is 45.7. The summed E-state index contributed by atoms with van der Waals surface area (Å²) in [4.78, 5) is 5.11. The highest BCUT2D eigenvalue weighted by atomic mass is 16.6. The number of ether oxygens (including phenoxy) is 4. The molecule has 3 aliphatic heterocycles. The van der Waals surface area contributed by atoms with Gasteiger partial charge in [0, 0.05) is 26.2 Å². The minimum absolute atomic E-state index is 0.187. The lowest BCUT2D eigenvalue weighted by molar-refractivity contribution is -0.403. The highest BCUT2D eigenvalue weighted by molar-refractivity contribution is 5.05. The lowest BCUT2D eigenvalue weighted by atomic mass is 9.80. The van der Waals surface area contributed by atoms with Gasteiger partial charge in [-0.3, -0.25) is 9.80 Å². The molecule has 5 rings (SSSR count). The van der Waals surface area contributed by atoms with Gasteiger partial charge in [-0.2, -0.15) is 0 Å². The summed E-state index contributed by atoms with van der Waals surface area (Å²) in [7, 11) is 0. The SMILES string of the molecule is C1CC[C@@]2(N3CCOCC3)O[C@H]3CCCC[C@@]3(N3CCOCC3)O[C@H]2C1. The van der Waals surface area contributed by atoms with Gasteiger partial charge in [-0.15, -0.1) is 0 Å². The van der Waals surface area contributed by atoms with E-state index in [0.717, 1.165) is 78.3 Å². The van der Waals surface area contributed by atoms with Gasteiger partial charge in [-0.1, -0.05) is 12.8 Å². The molecule has 0 amide bonds. The van der Waals surface area contributed by atoms with E-state index in [1.54, 1.807) is 0 Å². The summed E-state index contributed by atoms with van der Waals surface area (Å²) in [5.74, 6) is 0. The molecule has 0 unspecified atom stereocenters. The van der Waals surface area contributed by atoms with Crippen LogP contribution in [0.2, 0.25) is 0 Å². The van der Waals surface area contributed by atoms with Gasteiger partial charge >= 0.3 is 0 Å². The van der Waals surface area contributed by atoms with Crippen molar-refractivity contribution in [2.24, 2.45) is 0 Å². The first-order valence-corrected chi connectivity index (χ1v) is 10.8. The highest BCUT2D eigenvalue weighted by Gasteiger charge is 2.61. The topological polar surface area (TPSA) is 43.4 Å². The summed E-state index contributed by atoms with van der Waals surface area (Å²) in [6.45, 7) is 7.14. The van der Waals surface area contributed by atoms with Gasteiger partial charge in [0.15, 0.2) is 0 Å². The van der Waals surface area contributed by atoms with E-state index in [4.69, 9.17) is 18.9 Å². The Morgan fingerprint density at radius 1 is 0.577 bits per heavy atom. The number of hydrogen-bond acceptors (Lipinski definition) is 6. The predicted octanol–water partition coefficient (Wildman–Crippen LogP) is 1.98. The van der Waals surface area contributed by atoms with Crippen molar-refractivity contribution in [3.05, 3.63) is 0 Å². The van der Waals surface area contributed by atoms with Gasteiger partial charge in [0.2, 0.25) is 0 Å². The molecule has 148 valence electrons. The van der Waals surface area contributed by atoms with Gasteiger partial charge in [0.25, 0.3) is 0 Å². The van der Waals surface area contributed by atoms with Crippen LogP contribution in [0.25, 0.3) is 0 Å². The maximum atomic E-state index is 7.14. The second-order valence-corrected chi connectivity index (χ2v) is 8.59. The van der Waals surface area contributed by atoms with E-state index in [9.17, 15) is 0 Å². The summed E-state index contributed by atoms with van der Waals surface area (Å²) >= 11 is 0. The molecule has 2 saturated carbocycles. The molecule has 5 fully saturated rings. The van der Waals surface area contributed by atoms with Crippen LogP contribution in [0.4, 0.5) is 0 Å². The zero-order chi connectivity index (χ0) is 17.5. The zero-order valence-electron chi connectivity index (χ0n) is 16.0. The summed E-state index contributed by atoms with van der Waals surface area (Å²) in [6, 6.07) is 0. The van der Waals surface area contributed by atoms with E-state index in [1.807, 2.05) is 0 Å². The molecule has 6 nitrogen and oxygen atoms in total. The Labute approximate surface area is 157 Å². The van der Waals surface area contributed by atoms with Crippen LogP contribution < -0.4 is 0 Å². The number of hydrogen-bond donors (Lipinski definition) is 0. The number of fused-ring (bicyclic) bond motifs is 2. The van der Waals surface area contributed by atoms with Crippen molar-refractivity contribution in [3.63, 3.8) is 0 Å². The molecular weight excluding hydrogens is 332 g/mol. The third-order valence-corrected chi connectivity index (χ3v) is 7.29. The molecule has 6 heteroatoms. The minimum Gasteiger partial charge on any atom is -0.379 e. The third kappa shape index (κ3) is 2.85. The first kappa shape index (κ1) is 17.8. The Morgan fingerprint density at radius 3 is 1.42 bits per heavy atom. The fraction of sp³-hybridized carbons (Fsp3) is 1.00. The largest absolute Gasteiger partial charge is 0.379 e. The fourth-order valence-electron chi connectivity index (χ4n) is 6.01. The molecule has 4 atom stereocenters. The van der Waals surface area contributed by atoms with Crippen LogP contribution in [0.1, 0.15) is 51.4 Å². The monoisotopic (exact) mass is 366 g/mol. The van der Waals surface area contributed by atoms with Crippen LogP contribution in [0.15, 0.2) is 0 Å². The molecular formula is C20H34N2O4. The van der Waals surface area contributed by atoms with Crippen molar-refractivity contribution in [2.45, 2.75) is 75.0 Å². The standard InChI is InChI=1S/C20H34N2O4/c1-3-7-19(21-9-13-23-14-10-21)17(5-1)25-20(22-11-15-24-16-12-22)8-4-2-6-18(20)26-19/h17-18H,1-16H2/t17-,18-,19+,20+/m0/s1. The van der Waals surface area contributed by atoms with Crippen molar-refractivity contribution in [3.8, 4) is 0 Å². The van der Waals surface area contributed by atoms with Crippen LogP contribution >= 0.6 is 0 Å². The van der Waals surface area contributed by atoms with E-state index in [2.05, 4.69) is 9.80 Å². The zero-order valence-corrected chi connectivity index (χ0v) is 16.0. The van der Waals surface area contributed by atoms with Gasteiger partial charge in [-0.25, -0.2) is 0 Å². The van der Waals surface area contributed by atoms with Gasteiger partial charge in [-0.05, 0) is 38.5 Å². The molecule has 0 aromatic rings. The first-order chi connectivity index (χ1) is 12.8. The molecule has 3 saturated heterocycles. The fourth-order valence-corrected chi connectivity index (χ4v) is 6.01. The van der Waals surface area contributed by atoms with Gasteiger partial charge in [0.1, 0.15) is 23.7 Å². The van der Waals surface area contributed by atoms with Crippen molar-refractivity contribution >= 4 is 0 Å². The van der Waals surface area contributed by atoms with Crippen LogP contribution in [0, 0.1) is 0 Å². The summed E-state index contributed by atoms with van der Waals surface area (Å²) in [5.41, 5.74) is -0.445. The summed E-state index contributed by atoms with van der Waals surface area (Å²) in [6.07, 6.45) is 9.82. The Bertz CT molecular complexity index is 450. The van der Waals surface area contributed by atoms with Gasteiger partial charge in [0.05, 0.1) is 26.4 Å². The van der Waals surface area contributed by atoms with Gasteiger partial charge < -0.3 is 18.9 Å². The maximum Gasteiger partial charge on any atom is 0.148 e. The highest BCUT2D eigenvalue weighted by Crippen LogP contribution is 2.51. The number of rotatable bonds is 2. The summed E-state index contributed by atoms with van der Waals surface area (Å²) < 4.78 is 25.5. The van der Waals surface area contributed by atoms with E-state index < -0.39 is 0 Å². The van der Waals surface area contributed by atoms with E-state index in [-0.39, 0.29) is 23.7 Å². The molecule has 0 radical (unpaired) electrons. The summed E-state index contributed by atoms with van der Waals surface area (Å²) in [5, 5.41) is 0. The van der Waals surface area contributed by atoms with Crippen molar-refractivity contribution < 1.29 is 18.9 Å². The Kier molecular flexibility index (Phi) is 5.01. The molecule has 2 aliphatic carbocycles. The minimum atomic E-state index is -0.222. The van der Waals surface area contributed by atoms with Crippen LogP contribution in [0.5, 0.6) is 0 Å². The number of morpholine rings is 2. The molecule has 0 bridgehead atoms. The molecule has 3 heterocycles.